The lowest BCUT2D eigenvalue weighted by atomic mass is 9.84. The van der Waals surface area contributed by atoms with Crippen LogP contribution in [0.2, 0.25) is 0 Å². The number of alkyl halides is 3. The highest BCUT2D eigenvalue weighted by Gasteiger charge is 2.42. The minimum atomic E-state index is -4.09. The summed E-state index contributed by atoms with van der Waals surface area (Å²) in [6.07, 6.45) is 1.80. The molecular formula is C14H24F3NO2S. The quantitative estimate of drug-likeness (QED) is 0.866. The smallest absolute Gasteiger partial charge is 0.310 e. The van der Waals surface area contributed by atoms with Crippen molar-refractivity contribution in [1.29, 1.82) is 0 Å². The first-order valence-electron chi connectivity index (χ1n) is 7.69. The Kier molecular flexibility index (Phi) is 5.23. The Balaban J connectivity index is 1.90. The van der Waals surface area contributed by atoms with Crippen molar-refractivity contribution in [1.82, 2.24) is 5.32 Å². The number of sulfone groups is 1. The van der Waals surface area contributed by atoms with Crippen LogP contribution in [0.15, 0.2) is 0 Å². The van der Waals surface area contributed by atoms with Gasteiger partial charge >= 0.3 is 6.18 Å². The number of hydrogen-bond acceptors (Lipinski definition) is 3. The predicted molar refractivity (Wildman–Crippen MR) is 75.8 cm³/mol. The Bertz CT molecular complexity index is 442. The second kappa shape index (κ2) is 6.44. The Hall–Kier alpha value is -0.300. The van der Waals surface area contributed by atoms with Gasteiger partial charge in [0.15, 0.2) is 9.84 Å². The van der Waals surface area contributed by atoms with Crippen LogP contribution in [0.4, 0.5) is 13.2 Å². The molecule has 0 radical (unpaired) electrons. The third-order valence-corrected chi connectivity index (χ3v) is 6.56. The number of nitrogens with one attached hydrogen (secondary N) is 1. The number of rotatable bonds is 3. The van der Waals surface area contributed by atoms with Gasteiger partial charge in [-0.1, -0.05) is 12.8 Å². The normalized spacial score (nSPS) is 35.6. The topological polar surface area (TPSA) is 46.2 Å². The van der Waals surface area contributed by atoms with E-state index < -0.39 is 21.9 Å². The molecule has 0 aromatic heterocycles. The van der Waals surface area contributed by atoms with Gasteiger partial charge in [0.05, 0.1) is 11.2 Å². The van der Waals surface area contributed by atoms with Crippen LogP contribution in [0.3, 0.4) is 0 Å². The summed E-state index contributed by atoms with van der Waals surface area (Å²) >= 11 is 0. The van der Waals surface area contributed by atoms with Gasteiger partial charge in [0.2, 0.25) is 0 Å². The summed E-state index contributed by atoms with van der Waals surface area (Å²) in [4.78, 5) is 0. The van der Waals surface area contributed by atoms with Gasteiger partial charge in [0.1, 0.15) is 0 Å². The zero-order valence-corrected chi connectivity index (χ0v) is 13.1. The van der Waals surface area contributed by atoms with E-state index in [1.165, 1.54) is 6.26 Å². The maximum absolute atomic E-state index is 12.6. The van der Waals surface area contributed by atoms with Crippen LogP contribution >= 0.6 is 0 Å². The molecule has 21 heavy (non-hydrogen) atoms. The van der Waals surface area contributed by atoms with E-state index in [1.807, 2.05) is 0 Å². The highest BCUT2D eigenvalue weighted by atomic mass is 32.2. The van der Waals surface area contributed by atoms with Crippen molar-refractivity contribution in [2.75, 3.05) is 6.26 Å². The fourth-order valence-corrected chi connectivity index (χ4v) is 5.10. The molecule has 0 amide bonds. The van der Waals surface area contributed by atoms with Crippen LogP contribution in [-0.2, 0) is 9.84 Å². The molecule has 0 aromatic carbocycles. The molecule has 0 unspecified atom stereocenters. The van der Waals surface area contributed by atoms with E-state index in [-0.39, 0.29) is 30.2 Å². The van der Waals surface area contributed by atoms with Crippen molar-refractivity contribution in [2.24, 2.45) is 5.92 Å². The summed E-state index contributed by atoms with van der Waals surface area (Å²) in [5.41, 5.74) is 0. The second-order valence-corrected chi connectivity index (χ2v) is 8.78. The highest BCUT2D eigenvalue weighted by Crippen LogP contribution is 2.38. The van der Waals surface area contributed by atoms with Gasteiger partial charge in [0.25, 0.3) is 0 Å². The minimum absolute atomic E-state index is 0.0240. The monoisotopic (exact) mass is 327 g/mol. The third kappa shape index (κ3) is 4.58. The first-order valence-corrected chi connectivity index (χ1v) is 9.65. The largest absolute Gasteiger partial charge is 0.391 e. The zero-order valence-electron chi connectivity index (χ0n) is 12.3. The SMILES string of the molecule is CS(=O)(=O)[C@@H]1CCCC[C@@H]1NC1CCC(C(F)(F)F)CC1. The van der Waals surface area contributed by atoms with Gasteiger partial charge in [-0.25, -0.2) is 8.42 Å². The lowest BCUT2D eigenvalue weighted by molar-refractivity contribution is -0.182. The highest BCUT2D eigenvalue weighted by molar-refractivity contribution is 7.91. The summed E-state index contributed by atoms with van der Waals surface area (Å²) in [5.74, 6) is -1.19. The van der Waals surface area contributed by atoms with E-state index in [9.17, 15) is 21.6 Å². The van der Waals surface area contributed by atoms with E-state index >= 15 is 0 Å². The maximum atomic E-state index is 12.6. The summed E-state index contributed by atoms with van der Waals surface area (Å²) in [6.45, 7) is 0. The molecule has 3 nitrogen and oxygen atoms in total. The molecule has 2 atom stereocenters. The average Bonchev–Trinajstić information content (AvgIpc) is 2.37. The Labute approximate surface area is 124 Å². The molecule has 7 heteroatoms. The molecule has 2 aliphatic rings. The molecule has 0 spiro atoms. The van der Waals surface area contributed by atoms with Crippen molar-refractivity contribution in [3.05, 3.63) is 0 Å². The lowest BCUT2D eigenvalue weighted by Crippen LogP contribution is -2.51. The molecule has 0 aliphatic heterocycles. The van der Waals surface area contributed by atoms with Gasteiger partial charge in [-0.3, -0.25) is 0 Å². The summed E-state index contributed by atoms with van der Waals surface area (Å²) in [7, 11) is -3.10. The Morgan fingerprint density at radius 2 is 1.52 bits per heavy atom. The van der Waals surface area contributed by atoms with E-state index in [0.29, 0.717) is 19.3 Å². The van der Waals surface area contributed by atoms with Crippen LogP contribution in [0.1, 0.15) is 51.4 Å². The minimum Gasteiger partial charge on any atom is -0.310 e. The van der Waals surface area contributed by atoms with Crippen LogP contribution in [0.5, 0.6) is 0 Å². The first-order chi connectivity index (χ1) is 9.68. The van der Waals surface area contributed by atoms with E-state index in [1.54, 1.807) is 0 Å². The predicted octanol–water partition coefficient (Wildman–Crippen LogP) is 3.05. The molecular weight excluding hydrogens is 303 g/mol. The van der Waals surface area contributed by atoms with Crippen LogP contribution in [0, 0.1) is 5.92 Å². The summed E-state index contributed by atoms with van der Waals surface area (Å²) in [6, 6.07) is -0.0721. The lowest BCUT2D eigenvalue weighted by Gasteiger charge is -2.37. The number of halogens is 3. The molecule has 2 fully saturated rings. The Morgan fingerprint density at radius 3 is 2.05 bits per heavy atom. The van der Waals surface area contributed by atoms with Crippen LogP contribution in [-0.4, -0.2) is 38.2 Å². The molecule has 124 valence electrons. The molecule has 0 aromatic rings. The van der Waals surface area contributed by atoms with Crippen molar-refractivity contribution in [3.8, 4) is 0 Å². The van der Waals surface area contributed by atoms with E-state index in [4.69, 9.17) is 0 Å². The van der Waals surface area contributed by atoms with Crippen molar-refractivity contribution in [2.45, 2.75) is 74.9 Å². The van der Waals surface area contributed by atoms with Gasteiger partial charge in [-0.2, -0.15) is 13.2 Å². The van der Waals surface area contributed by atoms with Crippen LogP contribution in [0.25, 0.3) is 0 Å². The van der Waals surface area contributed by atoms with Gasteiger partial charge in [-0.05, 0) is 38.5 Å². The molecule has 1 N–H and O–H groups in total. The molecule has 2 saturated carbocycles. The third-order valence-electron chi connectivity index (χ3n) is 4.89. The van der Waals surface area contributed by atoms with Crippen molar-refractivity contribution in [3.63, 3.8) is 0 Å². The van der Waals surface area contributed by atoms with Crippen molar-refractivity contribution < 1.29 is 21.6 Å². The van der Waals surface area contributed by atoms with Gasteiger partial charge in [0, 0.05) is 18.3 Å². The van der Waals surface area contributed by atoms with Gasteiger partial charge in [-0.15, -0.1) is 0 Å². The van der Waals surface area contributed by atoms with Crippen molar-refractivity contribution >= 4 is 9.84 Å². The summed E-state index contributed by atoms with van der Waals surface area (Å²) < 4.78 is 61.6. The van der Waals surface area contributed by atoms with Crippen LogP contribution < -0.4 is 5.32 Å². The summed E-state index contributed by atoms with van der Waals surface area (Å²) in [5, 5.41) is 2.96. The van der Waals surface area contributed by atoms with Gasteiger partial charge < -0.3 is 5.32 Å². The molecule has 2 rings (SSSR count). The Morgan fingerprint density at radius 1 is 0.952 bits per heavy atom. The fraction of sp³-hybridized carbons (Fsp3) is 1.00. The molecule has 0 heterocycles. The first kappa shape index (κ1) is 17.1. The number of hydrogen-bond donors (Lipinski definition) is 1. The standard InChI is InChI=1S/C14H24F3NO2S/c1-21(19,20)13-5-3-2-4-12(13)18-11-8-6-10(7-9-11)14(15,16)17/h10-13,18H,2-9H2,1H3/t10?,11?,12-,13+/m0/s1. The second-order valence-electron chi connectivity index (χ2n) is 6.52. The maximum Gasteiger partial charge on any atom is 0.391 e. The molecule has 0 bridgehead atoms. The average molecular weight is 327 g/mol. The van der Waals surface area contributed by atoms with E-state index in [2.05, 4.69) is 5.32 Å². The molecule has 2 aliphatic carbocycles. The molecule has 0 saturated heterocycles. The zero-order chi connectivity index (χ0) is 15.7. The fourth-order valence-electron chi connectivity index (χ4n) is 3.69. The van der Waals surface area contributed by atoms with E-state index in [0.717, 1.165) is 19.3 Å².